The van der Waals surface area contributed by atoms with Crippen molar-refractivity contribution in [2.75, 3.05) is 4.90 Å². The van der Waals surface area contributed by atoms with E-state index in [0.29, 0.717) is 12.1 Å². The van der Waals surface area contributed by atoms with Crippen molar-refractivity contribution in [3.63, 3.8) is 0 Å². The Morgan fingerprint density at radius 3 is 2.90 bits per heavy atom. The second kappa shape index (κ2) is 4.48. The van der Waals surface area contributed by atoms with Crippen molar-refractivity contribution in [2.24, 2.45) is 0 Å². The summed E-state index contributed by atoms with van der Waals surface area (Å²) in [7, 11) is 0. The van der Waals surface area contributed by atoms with Crippen LogP contribution < -0.4 is 4.90 Å². The summed E-state index contributed by atoms with van der Waals surface area (Å²) in [5.41, 5.74) is 1.57. The summed E-state index contributed by atoms with van der Waals surface area (Å²) >= 11 is 0. The molecule has 1 amide bonds. The predicted octanol–water partition coefficient (Wildman–Crippen LogP) is 2.78. The number of fused-ring (bicyclic) bond motifs is 1. The summed E-state index contributed by atoms with van der Waals surface area (Å²) in [5.74, 6) is 0.0400. The molecule has 1 aliphatic rings. The van der Waals surface area contributed by atoms with E-state index >= 15 is 0 Å². The Labute approximate surface area is 114 Å². The van der Waals surface area contributed by atoms with E-state index in [9.17, 15) is 14.9 Å². The highest BCUT2D eigenvalue weighted by molar-refractivity contribution is 6.06. The minimum atomic E-state index is -0.429. The van der Waals surface area contributed by atoms with Crippen LogP contribution in [0.2, 0.25) is 0 Å². The Hall–Kier alpha value is -2.63. The lowest BCUT2D eigenvalue weighted by Crippen LogP contribution is -2.35. The van der Waals surface area contributed by atoms with Gasteiger partial charge in [0, 0.05) is 23.9 Å². The van der Waals surface area contributed by atoms with Crippen LogP contribution in [-0.2, 0) is 6.42 Å². The van der Waals surface area contributed by atoms with Crippen molar-refractivity contribution in [2.45, 2.75) is 19.4 Å². The molecule has 2 aromatic rings. The van der Waals surface area contributed by atoms with Crippen molar-refractivity contribution in [1.82, 2.24) is 0 Å². The molecule has 6 nitrogen and oxygen atoms in total. The zero-order chi connectivity index (χ0) is 14.3. The van der Waals surface area contributed by atoms with Gasteiger partial charge in [-0.2, -0.15) is 0 Å². The summed E-state index contributed by atoms with van der Waals surface area (Å²) in [5, 5.41) is 10.8. The van der Waals surface area contributed by atoms with E-state index in [1.165, 1.54) is 18.4 Å². The largest absolute Gasteiger partial charge is 0.459 e. The third-order valence-electron chi connectivity index (χ3n) is 3.44. The van der Waals surface area contributed by atoms with Gasteiger partial charge in [-0.1, -0.05) is 0 Å². The summed E-state index contributed by atoms with van der Waals surface area (Å²) in [4.78, 5) is 24.4. The first kappa shape index (κ1) is 12.4. The van der Waals surface area contributed by atoms with Gasteiger partial charge in [-0.15, -0.1) is 0 Å². The molecule has 0 spiro atoms. The van der Waals surface area contributed by atoms with E-state index in [4.69, 9.17) is 4.42 Å². The van der Waals surface area contributed by atoms with Crippen LogP contribution in [0, 0.1) is 10.1 Å². The van der Waals surface area contributed by atoms with Crippen molar-refractivity contribution in [3.8, 4) is 0 Å². The summed E-state index contributed by atoms with van der Waals surface area (Å²) in [6.07, 6.45) is 2.05. The summed E-state index contributed by atoms with van der Waals surface area (Å²) < 4.78 is 5.13. The number of carbonyl (C=O) groups excluding carboxylic acids is 1. The van der Waals surface area contributed by atoms with Crippen molar-refractivity contribution in [1.29, 1.82) is 0 Å². The smallest absolute Gasteiger partial charge is 0.294 e. The maximum atomic E-state index is 12.4. The molecule has 0 bridgehead atoms. The lowest BCUT2D eigenvalue weighted by atomic mass is 10.1. The first-order chi connectivity index (χ1) is 9.58. The lowest BCUT2D eigenvalue weighted by molar-refractivity contribution is -0.384. The Morgan fingerprint density at radius 2 is 2.25 bits per heavy atom. The zero-order valence-corrected chi connectivity index (χ0v) is 10.8. The summed E-state index contributed by atoms with van der Waals surface area (Å²) in [6.45, 7) is 1.91. The van der Waals surface area contributed by atoms with Gasteiger partial charge >= 0.3 is 0 Å². The molecule has 1 aliphatic heterocycles. The number of nitrogens with zero attached hydrogens (tertiary/aromatic N) is 2. The number of amides is 1. The van der Waals surface area contributed by atoms with Gasteiger partial charge in [0.15, 0.2) is 5.76 Å². The fourth-order valence-corrected chi connectivity index (χ4v) is 2.56. The Morgan fingerprint density at radius 1 is 1.45 bits per heavy atom. The minimum absolute atomic E-state index is 0.0447. The molecule has 3 rings (SSSR count). The molecule has 1 aromatic heterocycles. The van der Waals surface area contributed by atoms with Gasteiger partial charge in [-0.25, -0.2) is 0 Å². The number of rotatable bonds is 2. The molecule has 0 aliphatic carbocycles. The highest BCUT2D eigenvalue weighted by Crippen LogP contribution is 2.35. The van der Waals surface area contributed by atoms with Gasteiger partial charge in [0.25, 0.3) is 11.6 Å². The quantitative estimate of drug-likeness (QED) is 0.622. The number of hydrogen-bond donors (Lipinski definition) is 0. The molecule has 2 heterocycles. The van der Waals surface area contributed by atoms with Crippen LogP contribution in [0.4, 0.5) is 11.4 Å². The molecule has 0 fully saturated rings. The summed E-state index contributed by atoms with van der Waals surface area (Å²) in [6, 6.07) is 7.78. The number of nitro benzene ring substituents is 1. The maximum absolute atomic E-state index is 12.4. The van der Waals surface area contributed by atoms with E-state index in [2.05, 4.69) is 0 Å². The van der Waals surface area contributed by atoms with Crippen LogP contribution in [-0.4, -0.2) is 16.9 Å². The molecule has 1 unspecified atom stereocenters. The minimum Gasteiger partial charge on any atom is -0.459 e. The molecular formula is C14H12N2O4. The average molecular weight is 272 g/mol. The van der Waals surface area contributed by atoms with Gasteiger partial charge in [-0.3, -0.25) is 14.9 Å². The molecule has 0 N–H and O–H groups in total. The van der Waals surface area contributed by atoms with E-state index < -0.39 is 4.92 Å². The number of hydrogen-bond acceptors (Lipinski definition) is 4. The van der Waals surface area contributed by atoms with Crippen molar-refractivity contribution >= 4 is 17.3 Å². The van der Waals surface area contributed by atoms with E-state index in [-0.39, 0.29) is 23.4 Å². The molecule has 1 atom stereocenters. The van der Waals surface area contributed by atoms with Gasteiger partial charge in [0.1, 0.15) is 0 Å². The maximum Gasteiger partial charge on any atom is 0.294 e. The Balaban J connectivity index is 2.00. The van der Waals surface area contributed by atoms with Crippen LogP contribution >= 0.6 is 0 Å². The third-order valence-corrected chi connectivity index (χ3v) is 3.44. The predicted molar refractivity (Wildman–Crippen MR) is 71.8 cm³/mol. The first-order valence-corrected chi connectivity index (χ1v) is 6.22. The van der Waals surface area contributed by atoms with Gasteiger partial charge in [-0.05, 0) is 37.1 Å². The lowest BCUT2D eigenvalue weighted by Gasteiger charge is -2.21. The van der Waals surface area contributed by atoms with E-state index in [0.717, 1.165) is 5.56 Å². The van der Waals surface area contributed by atoms with Gasteiger partial charge in [0.2, 0.25) is 0 Å². The number of non-ortho nitro benzene ring substituents is 1. The van der Waals surface area contributed by atoms with Gasteiger partial charge in [0.05, 0.1) is 11.2 Å². The first-order valence-electron chi connectivity index (χ1n) is 6.22. The van der Waals surface area contributed by atoms with Crippen LogP contribution in [0.3, 0.4) is 0 Å². The number of nitro groups is 1. The normalized spacial score (nSPS) is 17.1. The second-order valence-electron chi connectivity index (χ2n) is 4.78. The highest BCUT2D eigenvalue weighted by Gasteiger charge is 2.33. The Bertz CT molecular complexity index is 678. The number of carbonyl (C=O) groups is 1. The van der Waals surface area contributed by atoms with Crippen molar-refractivity contribution in [3.05, 3.63) is 58.0 Å². The van der Waals surface area contributed by atoms with Crippen LogP contribution in [0.25, 0.3) is 0 Å². The molecule has 20 heavy (non-hydrogen) atoms. The zero-order valence-electron chi connectivity index (χ0n) is 10.8. The van der Waals surface area contributed by atoms with Crippen molar-refractivity contribution < 1.29 is 14.1 Å². The third kappa shape index (κ3) is 1.85. The molecule has 0 saturated carbocycles. The monoisotopic (exact) mass is 272 g/mol. The standard InChI is InChI=1S/C14H12N2O4/c1-9-7-10-8-11(16(18)19)4-5-12(10)15(9)14(17)13-3-2-6-20-13/h2-6,8-9H,7H2,1H3. The topological polar surface area (TPSA) is 76.6 Å². The molecule has 6 heteroatoms. The van der Waals surface area contributed by atoms with Crippen LogP contribution in [0.15, 0.2) is 41.0 Å². The molecule has 102 valence electrons. The highest BCUT2D eigenvalue weighted by atomic mass is 16.6. The fourth-order valence-electron chi connectivity index (χ4n) is 2.56. The van der Waals surface area contributed by atoms with Crippen LogP contribution in [0.1, 0.15) is 23.0 Å². The number of anilines is 1. The van der Waals surface area contributed by atoms with Crippen LogP contribution in [0.5, 0.6) is 0 Å². The Kier molecular flexibility index (Phi) is 2.78. The second-order valence-corrected chi connectivity index (χ2v) is 4.78. The molecule has 1 aromatic carbocycles. The van der Waals surface area contributed by atoms with Gasteiger partial charge < -0.3 is 9.32 Å². The fraction of sp³-hybridized carbons (Fsp3) is 0.214. The molecular weight excluding hydrogens is 260 g/mol. The van der Waals surface area contributed by atoms with E-state index in [1.54, 1.807) is 23.1 Å². The van der Waals surface area contributed by atoms with E-state index in [1.807, 2.05) is 6.92 Å². The molecule has 0 radical (unpaired) electrons. The number of furan rings is 1. The SMILES string of the molecule is CC1Cc2cc([N+](=O)[O-])ccc2N1C(=O)c1ccco1. The number of benzene rings is 1. The average Bonchev–Trinajstić information content (AvgIpc) is 3.03. The molecule has 0 saturated heterocycles.